The Bertz CT molecular complexity index is 519. The minimum Gasteiger partial charge on any atom is -0.497 e. The zero-order valence-corrected chi connectivity index (χ0v) is 12.8. The Morgan fingerprint density at radius 2 is 1.68 bits per heavy atom. The number of hydrogen-bond donors (Lipinski definition) is 3. The quantitative estimate of drug-likeness (QED) is 0.781. The van der Waals surface area contributed by atoms with E-state index in [0.29, 0.717) is 17.2 Å². The second-order valence-electron chi connectivity index (χ2n) is 5.07. The number of hydrogen-bond acceptors (Lipinski definition) is 5. The lowest BCUT2D eigenvalue weighted by atomic mass is 9.97. The van der Waals surface area contributed by atoms with E-state index in [-0.39, 0.29) is 11.8 Å². The van der Waals surface area contributed by atoms with Crippen molar-refractivity contribution in [1.29, 1.82) is 0 Å². The number of carbonyl (C=O) groups is 2. The summed E-state index contributed by atoms with van der Waals surface area (Å²) < 4.78 is 10.3. The van der Waals surface area contributed by atoms with Crippen LogP contribution in [0.25, 0.3) is 0 Å². The maximum absolute atomic E-state index is 12.0. The summed E-state index contributed by atoms with van der Waals surface area (Å²) >= 11 is 0. The van der Waals surface area contributed by atoms with Gasteiger partial charge in [-0.2, -0.15) is 0 Å². The number of benzene rings is 1. The Morgan fingerprint density at radius 3 is 2.23 bits per heavy atom. The fourth-order valence-electron chi connectivity index (χ4n) is 2.34. The first-order valence-electron chi connectivity index (χ1n) is 7.18. The van der Waals surface area contributed by atoms with Crippen LogP contribution >= 0.6 is 0 Å². The zero-order chi connectivity index (χ0) is 15.9. The van der Waals surface area contributed by atoms with Gasteiger partial charge in [-0.05, 0) is 25.9 Å². The van der Waals surface area contributed by atoms with E-state index < -0.39 is 6.03 Å². The monoisotopic (exact) mass is 307 g/mol. The lowest BCUT2D eigenvalue weighted by molar-refractivity contribution is -0.124. The van der Waals surface area contributed by atoms with Crippen LogP contribution in [-0.2, 0) is 4.79 Å². The SMILES string of the molecule is COc1cc(NC(=O)NC(=O)C2CCNCC2)cc(OC)c1. The highest BCUT2D eigenvalue weighted by molar-refractivity contribution is 6.02. The molecule has 1 fully saturated rings. The summed E-state index contributed by atoms with van der Waals surface area (Å²) in [6, 6.07) is 4.44. The van der Waals surface area contributed by atoms with Crippen molar-refractivity contribution in [2.45, 2.75) is 12.8 Å². The average molecular weight is 307 g/mol. The minimum absolute atomic E-state index is 0.119. The third-order valence-corrected chi connectivity index (χ3v) is 3.56. The molecule has 0 spiro atoms. The Kier molecular flexibility index (Phi) is 5.60. The van der Waals surface area contributed by atoms with Gasteiger partial charge in [-0.25, -0.2) is 4.79 Å². The van der Waals surface area contributed by atoms with Crippen LogP contribution in [0.2, 0.25) is 0 Å². The maximum Gasteiger partial charge on any atom is 0.325 e. The first kappa shape index (κ1) is 16.1. The number of amides is 3. The van der Waals surface area contributed by atoms with Crippen LogP contribution in [0.4, 0.5) is 10.5 Å². The Hall–Kier alpha value is -2.28. The molecule has 1 aliphatic rings. The van der Waals surface area contributed by atoms with Gasteiger partial charge in [0.1, 0.15) is 11.5 Å². The largest absolute Gasteiger partial charge is 0.497 e. The number of anilines is 1. The van der Waals surface area contributed by atoms with Crippen molar-refractivity contribution in [2.24, 2.45) is 5.92 Å². The summed E-state index contributed by atoms with van der Waals surface area (Å²) in [5, 5.41) is 8.17. The molecule has 1 heterocycles. The predicted octanol–water partition coefficient (Wildman–Crippen LogP) is 1.35. The molecular formula is C15H21N3O4. The number of methoxy groups -OCH3 is 2. The van der Waals surface area contributed by atoms with Crippen molar-refractivity contribution in [2.75, 3.05) is 32.6 Å². The molecule has 7 heteroatoms. The molecule has 0 unspecified atom stereocenters. The van der Waals surface area contributed by atoms with Gasteiger partial charge in [-0.1, -0.05) is 0 Å². The van der Waals surface area contributed by atoms with Gasteiger partial charge in [0.25, 0.3) is 0 Å². The highest BCUT2D eigenvalue weighted by atomic mass is 16.5. The number of rotatable bonds is 4. The second-order valence-corrected chi connectivity index (χ2v) is 5.07. The van der Waals surface area contributed by atoms with E-state index in [1.165, 1.54) is 14.2 Å². The van der Waals surface area contributed by atoms with Crippen molar-refractivity contribution >= 4 is 17.6 Å². The second kappa shape index (κ2) is 7.65. The van der Waals surface area contributed by atoms with Gasteiger partial charge in [-0.3, -0.25) is 10.1 Å². The van der Waals surface area contributed by atoms with Crippen LogP contribution < -0.4 is 25.4 Å². The number of carbonyl (C=O) groups excluding carboxylic acids is 2. The molecule has 0 bridgehead atoms. The van der Waals surface area contributed by atoms with E-state index >= 15 is 0 Å². The molecule has 2 rings (SSSR count). The van der Waals surface area contributed by atoms with Crippen LogP contribution in [0.1, 0.15) is 12.8 Å². The van der Waals surface area contributed by atoms with E-state index in [2.05, 4.69) is 16.0 Å². The molecular weight excluding hydrogens is 286 g/mol. The van der Waals surface area contributed by atoms with Crippen LogP contribution in [0.15, 0.2) is 18.2 Å². The Balaban J connectivity index is 1.95. The summed E-state index contributed by atoms with van der Waals surface area (Å²) in [5.74, 6) is 0.749. The van der Waals surface area contributed by atoms with Crippen molar-refractivity contribution in [3.63, 3.8) is 0 Å². The van der Waals surface area contributed by atoms with E-state index in [4.69, 9.17) is 9.47 Å². The van der Waals surface area contributed by atoms with E-state index in [1.807, 2.05) is 0 Å². The third-order valence-electron chi connectivity index (χ3n) is 3.56. The summed E-state index contributed by atoms with van der Waals surface area (Å²) in [4.78, 5) is 23.9. The van der Waals surface area contributed by atoms with Gasteiger partial charge in [0, 0.05) is 29.8 Å². The average Bonchev–Trinajstić information content (AvgIpc) is 2.55. The van der Waals surface area contributed by atoms with Crippen LogP contribution in [0.3, 0.4) is 0 Å². The smallest absolute Gasteiger partial charge is 0.325 e. The summed E-state index contributed by atoms with van der Waals surface area (Å²) in [6.45, 7) is 1.60. The van der Waals surface area contributed by atoms with E-state index in [9.17, 15) is 9.59 Å². The lowest BCUT2D eigenvalue weighted by Crippen LogP contribution is -2.42. The molecule has 0 aromatic heterocycles. The van der Waals surface area contributed by atoms with Crippen LogP contribution in [0.5, 0.6) is 11.5 Å². The number of piperidine rings is 1. The topological polar surface area (TPSA) is 88.7 Å². The molecule has 22 heavy (non-hydrogen) atoms. The molecule has 1 aromatic rings. The van der Waals surface area contributed by atoms with Gasteiger partial charge in [0.15, 0.2) is 0 Å². The number of urea groups is 1. The van der Waals surface area contributed by atoms with Gasteiger partial charge in [-0.15, -0.1) is 0 Å². The maximum atomic E-state index is 12.0. The molecule has 1 aromatic carbocycles. The summed E-state index contributed by atoms with van der Waals surface area (Å²) in [6.07, 6.45) is 1.48. The van der Waals surface area contributed by atoms with Gasteiger partial charge in [0.2, 0.25) is 5.91 Å². The van der Waals surface area contributed by atoms with Crippen LogP contribution in [-0.4, -0.2) is 39.2 Å². The molecule has 0 radical (unpaired) electrons. The summed E-state index contributed by atoms with van der Waals surface area (Å²) in [5.41, 5.74) is 0.492. The molecule has 3 N–H and O–H groups in total. The standard InChI is InChI=1S/C15H21N3O4/c1-21-12-7-11(8-13(9-12)22-2)17-15(20)18-14(19)10-3-5-16-6-4-10/h7-10,16H,3-6H2,1-2H3,(H2,17,18,19,20). The third kappa shape index (κ3) is 4.36. The highest BCUT2D eigenvalue weighted by Gasteiger charge is 2.22. The number of imide groups is 1. The first-order valence-corrected chi connectivity index (χ1v) is 7.18. The number of nitrogens with one attached hydrogen (secondary N) is 3. The highest BCUT2D eigenvalue weighted by Crippen LogP contribution is 2.25. The Labute approximate surface area is 129 Å². The molecule has 0 saturated carbocycles. The van der Waals surface area contributed by atoms with E-state index in [1.54, 1.807) is 18.2 Å². The molecule has 3 amide bonds. The molecule has 0 atom stereocenters. The van der Waals surface area contributed by atoms with E-state index in [0.717, 1.165) is 25.9 Å². The molecule has 120 valence electrons. The first-order chi connectivity index (χ1) is 10.6. The fourth-order valence-corrected chi connectivity index (χ4v) is 2.34. The van der Waals surface area contributed by atoms with Gasteiger partial charge in [0.05, 0.1) is 14.2 Å². The molecule has 0 aliphatic carbocycles. The van der Waals surface area contributed by atoms with Crippen molar-refractivity contribution < 1.29 is 19.1 Å². The van der Waals surface area contributed by atoms with Crippen molar-refractivity contribution in [3.8, 4) is 11.5 Å². The van der Waals surface area contributed by atoms with Gasteiger partial charge >= 0.3 is 6.03 Å². The van der Waals surface area contributed by atoms with Crippen molar-refractivity contribution in [3.05, 3.63) is 18.2 Å². The Morgan fingerprint density at radius 1 is 1.09 bits per heavy atom. The minimum atomic E-state index is -0.557. The zero-order valence-electron chi connectivity index (χ0n) is 12.8. The molecule has 1 saturated heterocycles. The normalized spacial score (nSPS) is 15.0. The molecule has 7 nitrogen and oxygen atoms in total. The van der Waals surface area contributed by atoms with Crippen molar-refractivity contribution in [1.82, 2.24) is 10.6 Å². The van der Waals surface area contributed by atoms with Gasteiger partial charge < -0.3 is 20.1 Å². The fraction of sp³-hybridized carbons (Fsp3) is 0.467. The summed E-state index contributed by atoms with van der Waals surface area (Å²) in [7, 11) is 3.05. The van der Waals surface area contributed by atoms with Crippen LogP contribution in [0, 0.1) is 5.92 Å². The molecule has 1 aliphatic heterocycles. The predicted molar refractivity (Wildman–Crippen MR) is 82.3 cm³/mol. The lowest BCUT2D eigenvalue weighted by Gasteiger charge is -2.21. The number of ether oxygens (including phenoxy) is 2.